The Balaban J connectivity index is 3.20. The molecule has 0 aliphatic rings. The van der Waals surface area contributed by atoms with Crippen LogP contribution in [0.15, 0.2) is 4.60 Å². The summed E-state index contributed by atoms with van der Waals surface area (Å²) in [6.45, 7) is -0.0543. The van der Waals surface area contributed by atoms with E-state index in [2.05, 4.69) is 20.9 Å². The van der Waals surface area contributed by atoms with Crippen LogP contribution in [0.4, 0.5) is 5.95 Å². The Labute approximate surface area is 66.8 Å². The minimum absolute atomic E-state index is 0.0543. The van der Waals surface area contributed by atoms with E-state index >= 15 is 0 Å². The molecule has 0 spiro atoms. The number of aromatic nitrogens is 2. The topological polar surface area (TPSA) is 64.1 Å². The van der Waals surface area contributed by atoms with Gasteiger partial charge in [-0.2, -0.15) is 0 Å². The second kappa shape index (κ2) is 2.59. The summed E-state index contributed by atoms with van der Waals surface area (Å²) in [6, 6.07) is 0. The highest BCUT2D eigenvalue weighted by molar-refractivity contribution is 9.10. The molecule has 5 heteroatoms. The van der Waals surface area contributed by atoms with E-state index in [1.165, 1.54) is 0 Å². The average Bonchev–Trinajstić information content (AvgIpc) is 2.09. The van der Waals surface area contributed by atoms with Gasteiger partial charge in [-0.3, -0.25) is 0 Å². The summed E-state index contributed by atoms with van der Waals surface area (Å²) in [4.78, 5) is 3.88. The van der Waals surface area contributed by atoms with Gasteiger partial charge in [0.25, 0.3) is 0 Å². The van der Waals surface area contributed by atoms with Crippen LogP contribution in [0.3, 0.4) is 0 Å². The third kappa shape index (κ3) is 1.02. The molecule has 4 nitrogen and oxygen atoms in total. The smallest absolute Gasteiger partial charge is 0.201 e. The van der Waals surface area contributed by atoms with E-state index in [1.807, 2.05) is 0 Å². The van der Waals surface area contributed by atoms with E-state index in [1.54, 1.807) is 11.6 Å². The van der Waals surface area contributed by atoms with Crippen LogP contribution in [0, 0.1) is 0 Å². The average molecular weight is 206 g/mol. The Hall–Kier alpha value is -0.550. The van der Waals surface area contributed by atoms with Crippen LogP contribution in [0.1, 0.15) is 5.69 Å². The Morgan fingerprint density at radius 3 is 2.60 bits per heavy atom. The molecule has 0 saturated carbocycles. The molecule has 0 saturated heterocycles. The lowest BCUT2D eigenvalue weighted by Crippen LogP contribution is -2.00. The monoisotopic (exact) mass is 205 g/mol. The summed E-state index contributed by atoms with van der Waals surface area (Å²) in [5, 5.41) is 8.77. The number of hydrogen-bond donors (Lipinski definition) is 2. The maximum Gasteiger partial charge on any atom is 0.201 e. The molecule has 0 amide bonds. The van der Waals surface area contributed by atoms with Crippen molar-refractivity contribution in [1.82, 2.24) is 9.55 Å². The van der Waals surface area contributed by atoms with E-state index in [4.69, 9.17) is 10.8 Å². The van der Waals surface area contributed by atoms with Gasteiger partial charge in [0, 0.05) is 7.05 Å². The fourth-order valence-electron chi connectivity index (χ4n) is 0.688. The predicted octanol–water partition coefficient (Wildman–Crippen LogP) is 0.257. The zero-order chi connectivity index (χ0) is 7.72. The van der Waals surface area contributed by atoms with E-state index in [0.717, 1.165) is 0 Å². The van der Waals surface area contributed by atoms with Crippen LogP contribution in [0.25, 0.3) is 0 Å². The number of imidazole rings is 1. The van der Waals surface area contributed by atoms with Gasteiger partial charge in [-0.05, 0) is 15.9 Å². The third-order valence-electron chi connectivity index (χ3n) is 1.35. The minimum atomic E-state index is -0.0543. The first-order chi connectivity index (χ1) is 4.66. The molecule has 10 heavy (non-hydrogen) atoms. The molecule has 0 bridgehead atoms. The van der Waals surface area contributed by atoms with Crippen molar-refractivity contribution in [1.29, 1.82) is 0 Å². The Morgan fingerprint density at radius 2 is 2.40 bits per heavy atom. The van der Waals surface area contributed by atoms with E-state index in [0.29, 0.717) is 16.2 Å². The van der Waals surface area contributed by atoms with Crippen molar-refractivity contribution in [3.05, 3.63) is 10.3 Å². The number of rotatable bonds is 1. The first kappa shape index (κ1) is 7.56. The zero-order valence-corrected chi connectivity index (χ0v) is 7.09. The SMILES string of the molecule is Cn1c(N)nc(Br)c1CO. The molecule has 3 N–H and O–H groups in total. The molecule has 0 fully saturated rings. The highest BCUT2D eigenvalue weighted by Crippen LogP contribution is 2.17. The molecule has 0 radical (unpaired) electrons. The molecule has 1 rings (SSSR count). The third-order valence-corrected chi connectivity index (χ3v) is 1.98. The minimum Gasteiger partial charge on any atom is -0.390 e. The lowest BCUT2D eigenvalue weighted by atomic mass is 10.5. The maximum absolute atomic E-state index is 8.77. The van der Waals surface area contributed by atoms with E-state index < -0.39 is 0 Å². The quantitative estimate of drug-likeness (QED) is 0.692. The number of nitrogen functional groups attached to an aromatic ring is 1. The molecule has 1 aromatic rings. The zero-order valence-electron chi connectivity index (χ0n) is 5.50. The van der Waals surface area contributed by atoms with Gasteiger partial charge in [0.1, 0.15) is 4.60 Å². The van der Waals surface area contributed by atoms with Crippen LogP contribution in [0.2, 0.25) is 0 Å². The number of aliphatic hydroxyl groups is 1. The summed E-state index contributed by atoms with van der Waals surface area (Å²) in [5.41, 5.74) is 6.12. The molecule has 0 aliphatic carbocycles. The number of hydrogen-bond acceptors (Lipinski definition) is 3. The standard InChI is InChI=1S/C5H8BrN3O/c1-9-3(2-10)4(6)8-5(9)7/h10H,2H2,1H3,(H2,7,8). The Kier molecular flexibility index (Phi) is 1.96. The molecule has 56 valence electrons. The van der Waals surface area contributed by atoms with Crippen molar-refractivity contribution >= 4 is 21.9 Å². The molecule has 1 heterocycles. The number of nitrogens with two attached hydrogens (primary N) is 1. The van der Waals surface area contributed by atoms with Gasteiger partial charge in [-0.25, -0.2) is 4.98 Å². The number of anilines is 1. The summed E-state index contributed by atoms with van der Waals surface area (Å²) in [5.74, 6) is 0.399. The highest BCUT2D eigenvalue weighted by atomic mass is 79.9. The molecule has 0 atom stereocenters. The first-order valence-corrected chi connectivity index (χ1v) is 3.53. The number of nitrogens with zero attached hydrogens (tertiary/aromatic N) is 2. The largest absolute Gasteiger partial charge is 0.390 e. The van der Waals surface area contributed by atoms with Gasteiger partial charge >= 0.3 is 0 Å². The number of halogens is 1. The van der Waals surface area contributed by atoms with Crippen molar-refractivity contribution < 1.29 is 5.11 Å². The van der Waals surface area contributed by atoms with Gasteiger partial charge in [0.2, 0.25) is 5.95 Å². The van der Waals surface area contributed by atoms with Crippen molar-refractivity contribution in [2.45, 2.75) is 6.61 Å². The molecule has 0 aromatic carbocycles. The van der Waals surface area contributed by atoms with Crippen LogP contribution in [-0.4, -0.2) is 14.7 Å². The normalized spacial score (nSPS) is 10.3. The molecule has 0 aliphatic heterocycles. The van der Waals surface area contributed by atoms with Crippen LogP contribution in [0.5, 0.6) is 0 Å². The Bertz CT molecular complexity index is 245. The summed E-state index contributed by atoms with van der Waals surface area (Å²) >= 11 is 3.16. The lowest BCUT2D eigenvalue weighted by molar-refractivity contribution is 0.272. The van der Waals surface area contributed by atoms with Crippen molar-refractivity contribution in [3.63, 3.8) is 0 Å². The van der Waals surface area contributed by atoms with Crippen LogP contribution < -0.4 is 5.73 Å². The molecular weight excluding hydrogens is 198 g/mol. The fourth-order valence-corrected chi connectivity index (χ4v) is 1.26. The van der Waals surface area contributed by atoms with Crippen molar-refractivity contribution in [2.24, 2.45) is 7.05 Å². The van der Waals surface area contributed by atoms with Crippen LogP contribution in [-0.2, 0) is 13.7 Å². The summed E-state index contributed by atoms with van der Waals surface area (Å²) in [7, 11) is 1.75. The molecule has 1 aromatic heterocycles. The summed E-state index contributed by atoms with van der Waals surface area (Å²) < 4.78 is 2.24. The van der Waals surface area contributed by atoms with Crippen molar-refractivity contribution in [3.8, 4) is 0 Å². The molecular formula is C5H8BrN3O. The van der Waals surface area contributed by atoms with Gasteiger partial charge in [-0.1, -0.05) is 0 Å². The van der Waals surface area contributed by atoms with E-state index in [9.17, 15) is 0 Å². The lowest BCUT2D eigenvalue weighted by Gasteiger charge is -1.97. The molecule has 0 unspecified atom stereocenters. The predicted molar refractivity (Wildman–Crippen MR) is 41.2 cm³/mol. The van der Waals surface area contributed by atoms with Crippen LogP contribution >= 0.6 is 15.9 Å². The van der Waals surface area contributed by atoms with Gasteiger partial charge in [-0.15, -0.1) is 0 Å². The fraction of sp³-hybridized carbons (Fsp3) is 0.400. The number of aliphatic hydroxyl groups excluding tert-OH is 1. The van der Waals surface area contributed by atoms with Gasteiger partial charge < -0.3 is 15.4 Å². The first-order valence-electron chi connectivity index (χ1n) is 2.74. The van der Waals surface area contributed by atoms with Gasteiger partial charge in [0.15, 0.2) is 0 Å². The van der Waals surface area contributed by atoms with E-state index in [-0.39, 0.29) is 6.61 Å². The maximum atomic E-state index is 8.77. The summed E-state index contributed by atoms with van der Waals surface area (Å²) in [6.07, 6.45) is 0. The van der Waals surface area contributed by atoms with Crippen molar-refractivity contribution in [2.75, 3.05) is 5.73 Å². The second-order valence-electron chi connectivity index (χ2n) is 1.92. The van der Waals surface area contributed by atoms with Gasteiger partial charge in [0.05, 0.1) is 12.3 Å². The second-order valence-corrected chi connectivity index (χ2v) is 2.68. The highest BCUT2D eigenvalue weighted by Gasteiger charge is 2.07. The Morgan fingerprint density at radius 1 is 1.80 bits per heavy atom.